The van der Waals surface area contributed by atoms with E-state index in [0.29, 0.717) is 36.3 Å². The Bertz CT molecular complexity index is 2370. The van der Waals surface area contributed by atoms with Crippen LogP contribution in [0.4, 0.5) is 0 Å². The number of aliphatic carboxylic acids is 1. The Balaban J connectivity index is 1.83. The fourth-order valence-corrected chi connectivity index (χ4v) is 7.48. The minimum atomic E-state index is -1.61. The summed E-state index contributed by atoms with van der Waals surface area (Å²) < 4.78 is 0. The van der Waals surface area contributed by atoms with Crippen molar-refractivity contribution in [2.24, 2.45) is 29.4 Å². The lowest BCUT2D eigenvalue weighted by Gasteiger charge is -2.31. The number of H-pyrrole nitrogens is 3. The number of nitrogens with one attached hydrogen (secondary N) is 12. The number of carbonyl (C=O) groups excluding carboxylic acids is 9. The first kappa shape index (κ1) is 62.5. The first-order valence-corrected chi connectivity index (χ1v) is 25.2. The van der Waals surface area contributed by atoms with Gasteiger partial charge in [0.25, 0.3) is 0 Å². The highest BCUT2D eigenvalue weighted by atomic mass is 16.4. The third-order valence-corrected chi connectivity index (χ3v) is 12.9. The van der Waals surface area contributed by atoms with Crippen molar-refractivity contribution in [2.45, 2.75) is 142 Å². The molecule has 0 aliphatic rings. The van der Waals surface area contributed by atoms with Crippen LogP contribution >= 0.6 is 0 Å². The number of aromatic nitrogens is 6. The smallest absolute Gasteiger partial charge is 0.322 e. The molecule has 28 heteroatoms. The van der Waals surface area contributed by atoms with E-state index in [2.05, 4.69) is 77.8 Å². The Morgan fingerprint density at radius 1 is 0.487 bits per heavy atom. The first-order chi connectivity index (χ1) is 36.0. The van der Waals surface area contributed by atoms with E-state index in [0.717, 1.165) is 0 Å². The fourth-order valence-electron chi connectivity index (χ4n) is 7.48. The topological polar surface area (TPSA) is 431 Å². The number of imidazole rings is 3. The van der Waals surface area contributed by atoms with Crippen molar-refractivity contribution in [2.75, 3.05) is 19.7 Å². The van der Waals surface area contributed by atoms with Crippen molar-refractivity contribution in [1.82, 2.24) is 77.8 Å². The maximum absolute atomic E-state index is 14.4. The van der Waals surface area contributed by atoms with Gasteiger partial charge < -0.3 is 78.7 Å². The van der Waals surface area contributed by atoms with Gasteiger partial charge in [-0.3, -0.25) is 47.9 Å². The van der Waals surface area contributed by atoms with Crippen molar-refractivity contribution < 1.29 is 58.2 Å². The molecule has 76 heavy (non-hydrogen) atoms. The number of hydrogen-bond donors (Lipinski definition) is 15. The molecule has 3 aromatic heterocycles. The van der Waals surface area contributed by atoms with Crippen molar-refractivity contribution in [3.8, 4) is 0 Å². The van der Waals surface area contributed by atoms with Gasteiger partial charge in [-0.2, -0.15) is 0 Å². The molecule has 3 rings (SSSR count). The second-order valence-corrected chi connectivity index (χ2v) is 19.0. The van der Waals surface area contributed by atoms with Crippen LogP contribution in [-0.2, 0) is 67.2 Å². The molecule has 0 saturated heterocycles. The quantitative estimate of drug-likeness (QED) is 0.0284. The van der Waals surface area contributed by atoms with Crippen LogP contribution in [0.2, 0.25) is 0 Å². The molecule has 11 atom stereocenters. The Kier molecular flexibility index (Phi) is 25.7. The summed E-state index contributed by atoms with van der Waals surface area (Å²) in [7, 11) is 0. The molecule has 0 bridgehead atoms. The number of rotatable bonds is 33. The Hall–Kier alpha value is -7.75. The molecule has 28 nitrogen and oxygen atoms in total. The van der Waals surface area contributed by atoms with Gasteiger partial charge in [0.15, 0.2) is 0 Å². The molecule has 0 aliphatic carbocycles. The maximum atomic E-state index is 14.4. The van der Waals surface area contributed by atoms with Gasteiger partial charge in [-0.1, -0.05) is 74.7 Å². The highest BCUT2D eigenvalue weighted by Gasteiger charge is 2.37. The highest BCUT2D eigenvalue weighted by Crippen LogP contribution is 2.15. The van der Waals surface area contributed by atoms with Gasteiger partial charge in [0.2, 0.25) is 53.2 Å². The van der Waals surface area contributed by atoms with Crippen molar-refractivity contribution in [3.63, 3.8) is 0 Å². The van der Waals surface area contributed by atoms with Crippen LogP contribution in [0.3, 0.4) is 0 Å². The molecule has 0 aromatic carbocycles. The molecule has 0 spiro atoms. The predicted octanol–water partition coefficient (Wildman–Crippen LogP) is -3.29. The molecule has 0 aliphatic heterocycles. The summed E-state index contributed by atoms with van der Waals surface area (Å²) in [4.78, 5) is 155. The zero-order valence-electron chi connectivity index (χ0n) is 44.2. The van der Waals surface area contributed by atoms with Crippen LogP contribution in [0, 0.1) is 23.7 Å². The molecule has 3 heterocycles. The SMILES string of the molecule is CC[C@H](C)[C@H](N)C(=O)N[C@@H](Cc1cnc[nH]1)C(=O)NCC(=O)N[C@@H](Cc1cnc[nH]1)C(=O)N[C@@H](Cc1cnc[nH]1)C(=O)N[C@H](C(=O)N[C@H](C(=O)N[C@@H](CO)C(=O)N[C@H](C(=O)NCC(=O)O)C(C)C)[C@@H](C)CC)[C@@H](C)CC. The van der Waals surface area contributed by atoms with E-state index in [1.165, 1.54) is 37.6 Å². The number of amides is 9. The van der Waals surface area contributed by atoms with Crippen molar-refractivity contribution in [3.05, 3.63) is 54.7 Å². The lowest BCUT2D eigenvalue weighted by atomic mass is 9.94. The van der Waals surface area contributed by atoms with Crippen LogP contribution in [0.15, 0.2) is 37.6 Å². The molecular weight excluding hydrogens is 993 g/mol. The number of hydrogen-bond acceptors (Lipinski definition) is 15. The zero-order chi connectivity index (χ0) is 56.6. The zero-order valence-corrected chi connectivity index (χ0v) is 44.2. The van der Waals surface area contributed by atoms with Gasteiger partial charge in [0.1, 0.15) is 48.8 Å². The van der Waals surface area contributed by atoms with Crippen molar-refractivity contribution in [1.29, 1.82) is 0 Å². The minimum absolute atomic E-state index is 0.0152. The number of carbonyl (C=O) groups is 10. The van der Waals surface area contributed by atoms with Crippen LogP contribution in [-0.4, -0.2) is 167 Å². The van der Waals surface area contributed by atoms with E-state index in [-0.39, 0.29) is 25.2 Å². The van der Waals surface area contributed by atoms with E-state index in [9.17, 15) is 53.1 Å². The first-order valence-electron chi connectivity index (χ1n) is 25.2. The summed E-state index contributed by atoms with van der Waals surface area (Å²) in [5.41, 5.74) is 7.47. The summed E-state index contributed by atoms with van der Waals surface area (Å²) in [6.07, 6.45) is 9.37. The van der Waals surface area contributed by atoms with Gasteiger partial charge in [0.05, 0.1) is 38.2 Å². The Morgan fingerprint density at radius 3 is 1.30 bits per heavy atom. The fraction of sp³-hybridized carbons (Fsp3) is 0.604. The van der Waals surface area contributed by atoms with Crippen LogP contribution in [0.1, 0.15) is 91.7 Å². The van der Waals surface area contributed by atoms with E-state index in [1.54, 1.807) is 48.5 Å². The summed E-state index contributed by atoms with van der Waals surface area (Å²) in [6, 6.07) is -10.4. The molecule has 0 saturated carbocycles. The van der Waals surface area contributed by atoms with Gasteiger partial charge in [-0.15, -0.1) is 0 Å². The number of aliphatic hydroxyl groups excluding tert-OH is 1. The lowest BCUT2D eigenvalue weighted by Crippen LogP contribution is -2.62. The molecule has 420 valence electrons. The summed E-state index contributed by atoms with van der Waals surface area (Å²) in [5.74, 6) is -10.4. The van der Waals surface area contributed by atoms with Crippen LogP contribution in [0.25, 0.3) is 0 Å². The number of carboxylic acid groups (broad SMARTS) is 1. The molecule has 0 fully saturated rings. The summed E-state index contributed by atoms with van der Waals surface area (Å²) in [5, 5.41) is 42.1. The second kappa shape index (κ2) is 31.2. The monoisotopic (exact) mass is 1070 g/mol. The third-order valence-electron chi connectivity index (χ3n) is 12.9. The maximum Gasteiger partial charge on any atom is 0.322 e. The number of carboxylic acids is 1. The summed E-state index contributed by atoms with van der Waals surface area (Å²) in [6.45, 7) is 11.4. The van der Waals surface area contributed by atoms with Gasteiger partial charge >= 0.3 is 5.97 Å². The van der Waals surface area contributed by atoms with Crippen LogP contribution in [0.5, 0.6) is 0 Å². The van der Waals surface area contributed by atoms with Gasteiger partial charge in [-0.05, 0) is 23.7 Å². The molecule has 9 amide bonds. The molecule has 0 radical (unpaired) electrons. The number of nitrogens with two attached hydrogens (primary N) is 1. The highest BCUT2D eigenvalue weighted by molar-refractivity contribution is 5.98. The van der Waals surface area contributed by atoms with E-state index in [4.69, 9.17) is 10.8 Å². The number of aliphatic hydroxyl groups is 1. The normalized spacial score (nSPS) is 15.6. The van der Waals surface area contributed by atoms with Crippen LogP contribution < -0.4 is 53.6 Å². The van der Waals surface area contributed by atoms with Gasteiger partial charge in [-0.25, -0.2) is 15.0 Å². The lowest BCUT2D eigenvalue weighted by molar-refractivity contribution is -0.139. The Labute approximate surface area is 440 Å². The average molecular weight is 1070 g/mol. The summed E-state index contributed by atoms with van der Waals surface area (Å²) >= 11 is 0. The number of aromatic amines is 3. The van der Waals surface area contributed by atoms with Crippen molar-refractivity contribution >= 4 is 59.1 Å². The van der Waals surface area contributed by atoms with Gasteiger partial charge in [0, 0.05) is 54.9 Å². The van der Waals surface area contributed by atoms with E-state index in [1.807, 2.05) is 6.92 Å². The van der Waals surface area contributed by atoms with E-state index < -0.39 is 145 Å². The molecular formula is C48H76N16O12. The predicted molar refractivity (Wildman–Crippen MR) is 272 cm³/mol. The third kappa shape index (κ3) is 19.8. The molecule has 3 aromatic rings. The standard InChI is InChI=1S/C48H76N16O12/c1-9-25(6)37(49)45(73)60-31(12-28-15-50-21-55-28)41(69)53-18-35(66)58-32(13-29-16-51-22-56-29)42(70)59-33(14-30-17-52-23-57-30)43(71)63-40(27(8)11-3)48(76)64-39(26(7)10-2)47(75)61-34(20-65)44(72)62-38(24(4)5)46(74)54-19-36(67)68/h15-17,21-27,31-34,37-40,65H,9-14,18-20,49H2,1-8H3,(H,50,55)(H,51,56)(H,52,57)(H,53,69)(H,54,74)(H,58,66)(H,59,70)(H,60,73)(H,61,75)(H,62,72)(H,63,71)(H,64,76)(H,67,68)/t25-,26-,27-,31-,32-,33-,34-,37-,38-,39-,40-/m0/s1. The van der Waals surface area contributed by atoms with E-state index >= 15 is 0 Å². The minimum Gasteiger partial charge on any atom is -0.480 e. The molecule has 16 N–H and O–H groups in total. The Morgan fingerprint density at radius 2 is 0.868 bits per heavy atom. The largest absolute Gasteiger partial charge is 0.480 e. The average Bonchev–Trinajstić information content (AvgIpc) is 4.23. The molecule has 0 unspecified atom stereocenters. The second-order valence-electron chi connectivity index (χ2n) is 19.0. The number of nitrogens with zero attached hydrogens (tertiary/aromatic N) is 3.